The Morgan fingerprint density at radius 2 is 1.89 bits per heavy atom. The summed E-state index contributed by atoms with van der Waals surface area (Å²) in [6.07, 6.45) is 4.74. The van der Waals surface area contributed by atoms with Crippen molar-refractivity contribution in [3.05, 3.63) is 17.0 Å². The molecule has 19 heavy (non-hydrogen) atoms. The Morgan fingerprint density at radius 3 is 2.42 bits per heavy atom. The quantitative estimate of drug-likeness (QED) is 0.865. The summed E-state index contributed by atoms with van der Waals surface area (Å²) in [5.74, 6) is 0.814. The Kier molecular flexibility index (Phi) is 4.58. The summed E-state index contributed by atoms with van der Waals surface area (Å²) in [4.78, 5) is 12.0. The maximum absolute atomic E-state index is 12.0. The molecule has 1 aliphatic carbocycles. The molecule has 1 fully saturated rings. The topological polar surface area (TPSA) is 67.2 Å². The first-order valence-corrected chi connectivity index (χ1v) is 6.98. The van der Waals surface area contributed by atoms with Crippen LogP contribution in [0.1, 0.15) is 42.7 Å². The lowest BCUT2D eigenvalue weighted by molar-refractivity contribution is -0.121. The van der Waals surface area contributed by atoms with Gasteiger partial charge in [-0.3, -0.25) is 4.79 Å². The molecule has 0 atom stereocenters. The molecule has 1 saturated carbocycles. The second-order valence-corrected chi connectivity index (χ2v) is 5.38. The van der Waals surface area contributed by atoms with Gasteiger partial charge in [-0.1, -0.05) is 5.16 Å². The highest BCUT2D eigenvalue weighted by Crippen LogP contribution is 2.19. The molecule has 0 spiro atoms. The standard InChI is InChI=1S/C14H23N3O2/c1-9-13(10(2)19-17-9)8-14(18)16-12-6-4-11(15-3)5-7-12/h11-12,15H,4-8H2,1-3H3,(H,16,18). The second-order valence-electron chi connectivity index (χ2n) is 5.38. The molecule has 1 aromatic rings. The number of aryl methyl sites for hydroxylation is 2. The summed E-state index contributed by atoms with van der Waals surface area (Å²) in [5.41, 5.74) is 1.73. The number of nitrogens with zero attached hydrogens (tertiary/aromatic N) is 1. The van der Waals surface area contributed by atoms with Crippen molar-refractivity contribution in [2.24, 2.45) is 0 Å². The molecular weight excluding hydrogens is 242 g/mol. The number of hydrogen-bond donors (Lipinski definition) is 2. The monoisotopic (exact) mass is 265 g/mol. The highest BCUT2D eigenvalue weighted by Gasteiger charge is 2.22. The third kappa shape index (κ3) is 3.56. The molecule has 1 heterocycles. The van der Waals surface area contributed by atoms with Crippen LogP contribution in [0.4, 0.5) is 0 Å². The molecule has 106 valence electrons. The maximum atomic E-state index is 12.0. The van der Waals surface area contributed by atoms with E-state index in [1.54, 1.807) is 0 Å². The van der Waals surface area contributed by atoms with Gasteiger partial charge in [0.05, 0.1) is 12.1 Å². The lowest BCUT2D eigenvalue weighted by atomic mass is 9.91. The molecule has 5 heteroatoms. The van der Waals surface area contributed by atoms with Crippen molar-refractivity contribution < 1.29 is 9.32 Å². The van der Waals surface area contributed by atoms with Crippen molar-refractivity contribution in [2.75, 3.05) is 7.05 Å². The Hall–Kier alpha value is -1.36. The first-order chi connectivity index (χ1) is 9.10. The lowest BCUT2D eigenvalue weighted by Crippen LogP contribution is -2.41. The number of carbonyl (C=O) groups excluding carboxylic acids is 1. The average Bonchev–Trinajstić information content (AvgIpc) is 2.71. The van der Waals surface area contributed by atoms with Gasteiger partial charge in [0.1, 0.15) is 5.76 Å². The van der Waals surface area contributed by atoms with E-state index < -0.39 is 0 Å². The number of nitrogens with one attached hydrogen (secondary N) is 2. The summed E-state index contributed by atoms with van der Waals surface area (Å²) in [6, 6.07) is 0.924. The summed E-state index contributed by atoms with van der Waals surface area (Å²) in [7, 11) is 2.00. The van der Waals surface area contributed by atoms with Crippen LogP contribution in [0.3, 0.4) is 0 Å². The minimum absolute atomic E-state index is 0.0716. The summed E-state index contributed by atoms with van der Waals surface area (Å²) >= 11 is 0. The van der Waals surface area contributed by atoms with Gasteiger partial charge in [-0.2, -0.15) is 0 Å². The molecule has 0 unspecified atom stereocenters. The fraction of sp³-hybridized carbons (Fsp3) is 0.714. The van der Waals surface area contributed by atoms with E-state index in [2.05, 4.69) is 15.8 Å². The van der Waals surface area contributed by atoms with E-state index in [4.69, 9.17) is 4.52 Å². The zero-order valence-electron chi connectivity index (χ0n) is 12.0. The van der Waals surface area contributed by atoms with Crippen LogP contribution in [0.25, 0.3) is 0 Å². The zero-order chi connectivity index (χ0) is 13.8. The Morgan fingerprint density at radius 1 is 1.26 bits per heavy atom. The molecule has 0 aliphatic heterocycles. The molecule has 2 rings (SSSR count). The Balaban J connectivity index is 1.82. The van der Waals surface area contributed by atoms with Gasteiger partial charge in [0.2, 0.25) is 5.91 Å². The highest BCUT2D eigenvalue weighted by molar-refractivity contribution is 5.79. The van der Waals surface area contributed by atoms with Gasteiger partial charge in [0.25, 0.3) is 0 Å². The summed E-state index contributed by atoms with van der Waals surface area (Å²) in [5, 5.41) is 10.3. The molecular formula is C14H23N3O2. The lowest BCUT2D eigenvalue weighted by Gasteiger charge is -2.28. The molecule has 0 aromatic carbocycles. The zero-order valence-corrected chi connectivity index (χ0v) is 12.0. The number of amides is 1. The first kappa shape index (κ1) is 14.1. The largest absolute Gasteiger partial charge is 0.361 e. The third-order valence-corrected chi connectivity index (χ3v) is 4.02. The number of carbonyl (C=O) groups is 1. The van der Waals surface area contributed by atoms with Crippen LogP contribution < -0.4 is 10.6 Å². The Labute approximate surface area is 114 Å². The summed E-state index contributed by atoms with van der Waals surface area (Å²) < 4.78 is 5.08. The van der Waals surface area contributed by atoms with Gasteiger partial charge >= 0.3 is 0 Å². The molecule has 0 saturated heterocycles. The van der Waals surface area contributed by atoms with Crippen LogP contribution in [0, 0.1) is 13.8 Å². The van der Waals surface area contributed by atoms with Crippen LogP contribution in [-0.2, 0) is 11.2 Å². The van der Waals surface area contributed by atoms with Crippen molar-refractivity contribution in [2.45, 2.75) is 58.0 Å². The Bertz CT molecular complexity index is 414. The van der Waals surface area contributed by atoms with Gasteiger partial charge < -0.3 is 15.2 Å². The second kappa shape index (κ2) is 6.19. The van der Waals surface area contributed by atoms with Crippen LogP contribution in [0.2, 0.25) is 0 Å². The number of hydrogen-bond acceptors (Lipinski definition) is 4. The van der Waals surface area contributed by atoms with Gasteiger partial charge in [0.15, 0.2) is 0 Å². The number of rotatable bonds is 4. The van der Waals surface area contributed by atoms with Crippen molar-refractivity contribution in [3.8, 4) is 0 Å². The van der Waals surface area contributed by atoms with Crippen molar-refractivity contribution in [1.82, 2.24) is 15.8 Å². The molecule has 1 amide bonds. The molecule has 1 aromatic heterocycles. The molecule has 1 aliphatic rings. The predicted octanol–water partition coefficient (Wildman–Crippen LogP) is 1.48. The third-order valence-electron chi connectivity index (χ3n) is 4.02. The van der Waals surface area contributed by atoms with Crippen LogP contribution in [0.5, 0.6) is 0 Å². The van der Waals surface area contributed by atoms with Crippen molar-refractivity contribution in [3.63, 3.8) is 0 Å². The minimum atomic E-state index is 0.0716. The van der Waals surface area contributed by atoms with Crippen molar-refractivity contribution >= 4 is 5.91 Å². The average molecular weight is 265 g/mol. The highest BCUT2D eigenvalue weighted by atomic mass is 16.5. The molecule has 0 radical (unpaired) electrons. The van der Waals surface area contributed by atoms with Gasteiger partial charge in [-0.15, -0.1) is 0 Å². The minimum Gasteiger partial charge on any atom is -0.361 e. The fourth-order valence-corrected chi connectivity index (χ4v) is 2.72. The van der Waals surface area contributed by atoms with Crippen LogP contribution in [-0.4, -0.2) is 30.2 Å². The molecule has 5 nitrogen and oxygen atoms in total. The van der Waals surface area contributed by atoms with Gasteiger partial charge in [-0.05, 0) is 46.6 Å². The van der Waals surface area contributed by atoms with E-state index >= 15 is 0 Å². The van der Waals surface area contributed by atoms with E-state index in [-0.39, 0.29) is 5.91 Å². The molecule has 0 bridgehead atoms. The summed E-state index contributed by atoms with van der Waals surface area (Å²) in [6.45, 7) is 3.72. The van der Waals surface area contributed by atoms with E-state index in [1.165, 1.54) is 0 Å². The van der Waals surface area contributed by atoms with Crippen LogP contribution in [0.15, 0.2) is 4.52 Å². The van der Waals surface area contributed by atoms with E-state index in [1.807, 2.05) is 20.9 Å². The SMILES string of the molecule is CNC1CCC(NC(=O)Cc2c(C)noc2C)CC1. The number of aromatic nitrogens is 1. The van der Waals surface area contributed by atoms with Gasteiger partial charge in [0, 0.05) is 17.6 Å². The normalized spacial score (nSPS) is 23.3. The molecule has 2 N–H and O–H groups in total. The fourth-order valence-electron chi connectivity index (χ4n) is 2.72. The maximum Gasteiger partial charge on any atom is 0.224 e. The van der Waals surface area contributed by atoms with E-state index in [0.717, 1.165) is 42.7 Å². The first-order valence-electron chi connectivity index (χ1n) is 6.98. The van der Waals surface area contributed by atoms with E-state index in [0.29, 0.717) is 18.5 Å². The van der Waals surface area contributed by atoms with Crippen LogP contribution >= 0.6 is 0 Å². The smallest absolute Gasteiger partial charge is 0.224 e. The van der Waals surface area contributed by atoms with E-state index in [9.17, 15) is 4.79 Å². The predicted molar refractivity (Wildman–Crippen MR) is 72.9 cm³/mol. The van der Waals surface area contributed by atoms with Gasteiger partial charge in [-0.25, -0.2) is 0 Å². The van der Waals surface area contributed by atoms with Crippen molar-refractivity contribution in [1.29, 1.82) is 0 Å².